The van der Waals surface area contributed by atoms with Crippen molar-refractivity contribution >= 4 is 70.5 Å². The molecule has 2 aromatic heterocycles. The molecule has 2 nitrogen and oxygen atoms in total. The Kier molecular flexibility index (Phi) is 9.06. The summed E-state index contributed by atoms with van der Waals surface area (Å²) in [6, 6.07) is 85.3. The molecule has 3 heteroatoms. The van der Waals surface area contributed by atoms with E-state index in [4.69, 9.17) is 4.42 Å². The minimum atomic E-state index is 0.889. The van der Waals surface area contributed by atoms with Crippen molar-refractivity contribution in [2.75, 3.05) is 4.90 Å². The molecule has 10 aromatic carbocycles. The van der Waals surface area contributed by atoms with Gasteiger partial charge in [0.2, 0.25) is 0 Å². The summed E-state index contributed by atoms with van der Waals surface area (Å²) in [6.45, 7) is 0. The summed E-state index contributed by atoms with van der Waals surface area (Å²) < 4.78 is 9.14. The Hall–Kier alpha value is -7.98. The largest absolute Gasteiger partial charge is 0.455 e. The fourth-order valence-corrected chi connectivity index (χ4v) is 10.4. The number of hydrogen-bond donors (Lipinski definition) is 0. The zero-order valence-electron chi connectivity index (χ0n) is 34.3. The van der Waals surface area contributed by atoms with Crippen LogP contribution in [-0.4, -0.2) is 0 Å². The van der Waals surface area contributed by atoms with Crippen LogP contribution in [0.2, 0.25) is 0 Å². The minimum Gasteiger partial charge on any atom is -0.455 e. The fraction of sp³-hybridized carbons (Fsp3) is 0. The molecule has 12 rings (SSSR count). The van der Waals surface area contributed by atoms with Gasteiger partial charge in [-0.3, -0.25) is 0 Å². The molecule has 2 heterocycles. The van der Waals surface area contributed by atoms with Gasteiger partial charge in [-0.05, 0) is 111 Å². The molecule has 0 saturated carbocycles. The second-order valence-corrected chi connectivity index (χ2v) is 17.1. The molecule has 0 saturated heterocycles. The van der Waals surface area contributed by atoms with Crippen LogP contribution in [0.25, 0.3) is 97.7 Å². The lowest BCUT2D eigenvalue weighted by atomic mass is 9.93. The van der Waals surface area contributed by atoms with Crippen LogP contribution in [-0.2, 0) is 0 Å². The average molecular weight is 822 g/mol. The first-order valence-electron chi connectivity index (χ1n) is 21.4. The number of hydrogen-bond acceptors (Lipinski definition) is 3. The molecule has 0 aliphatic rings. The number of thiophene rings is 1. The van der Waals surface area contributed by atoms with Gasteiger partial charge in [0.05, 0.1) is 0 Å². The molecule has 0 aliphatic carbocycles. The van der Waals surface area contributed by atoms with Crippen molar-refractivity contribution in [2.24, 2.45) is 0 Å². The summed E-state index contributed by atoms with van der Waals surface area (Å²) in [6.07, 6.45) is 0. The Morgan fingerprint density at radius 2 is 0.825 bits per heavy atom. The third kappa shape index (κ3) is 6.58. The van der Waals surface area contributed by atoms with Crippen LogP contribution in [0, 0.1) is 0 Å². The number of fused-ring (bicyclic) bond motifs is 6. The van der Waals surface area contributed by atoms with Crippen LogP contribution in [0.4, 0.5) is 17.1 Å². The Labute approximate surface area is 370 Å². The van der Waals surface area contributed by atoms with Gasteiger partial charge in [-0.15, -0.1) is 11.3 Å². The first-order chi connectivity index (χ1) is 31.2. The first-order valence-corrected chi connectivity index (χ1v) is 22.2. The predicted octanol–water partition coefficient (Wildman–Crippen LogP) is 17.8. The molecule has 0 N–H and O–H groups in total. The molecular formula is C60H39NOS. The summed E-state index contributed by atoms with van der Waals surface area (Å²) in [5.74, 6) is 0. The number of anilines is 3. The van der Waals surface area contributed by atoms with E-state index in [1.54, 1.807) is 0 Å². The summed E-state index contributed by atoms with van der Waals surface area (Å²) in [4.78, 5) is 2.38. The van der Waals surface area contributed by atoms with E-state index in [9.17, 15) is 0 Å². The minimum absolute atomic E-state index is 0.889. The van der Waals surface area contributed by atoms with E-state index in [1.165, 1.54) is 53.6 Å². The van der Waals surface area contributed by atoms with Gasteiger partial charge in [-0.2, -0.15) is 0 Å². The smallest absolute Gasteiger partial charge is 0.143 e. The van der Waals surface area contributed by atoms with Gasteiger partial charge in [0.25, 0.3) is 0 Å². The maximum absolute atomic E-state index is 6.52. The molecular weight excluding hydrogens is 783 g/mol. The van der Waals surface area contributed by atoms with E-state index in [1.807, 2.05) is 17.4 Å². The van der Waals surface area contributed by atoms with E-state index < -0.39 is 0 Å². The molecule has 12 aromatic rings. The standard InChI is InChI=1S/C60H39NOS/c1-4-14-41(15-5-1)49-36-35-48(39-54(49)43-18-8-3-9-19-43)61(47-33-28-44(29-34-47)50-21-13-25-58-59(50)53-20-10-11-24-57(53)63-58)46-31-26-40(27-32-46)45-30-37-56-55(38-45)52-23-12-22-51(60(52)62-56)42-16-6-2-7-17-42/h1-39H. The number of rotatable bonds is 8. The molecule has 0 aliphatic heterocycles. The normalized spacial score (nSPS) is 11.5. The Morgan fingerprint density at radius 3 is 1.54 bits per heavy atom. The zero-order valence-corrected chi connectivity index (χ0v) is 35.1. The van der Waals surface area contributed by atoms with Crippen LogP contribution in [0.5, 0.6) is 0 Å². The summed E-state index contributed by atoms with van der Waals surface area (Å²) in [5.41, 5.74) is 16.8. The van der Waals surface area contributed by atoms with Gasteiger partial charge in [0.1, 0.15) is 11.2 Å². The third-order valence-corrected chi connectivity index (χ3v) is 13.4. The maximum atomic E-state index is 6.52. The summed E-state index contributed by atoms with van der Waals surface area (Å²) in [5, 5.41) is 4.86. The highest BCUT2D eigenvalue weighted by molar-refractivity contribution is 7.25. The molecule has 296 valence electrons. The van der Waals surface area contributed by atoms with Crippen LogP contribution in [0.1, 0.15) is 0 Å². The van der Waals surface area contributed by atoms with Crippen molar-refractivity contribution in [1.82, 2.24) is 0 Å². The fourth-order valence-electron chi connectivity index (χ4n) is 9.28. The SMILES string of the molecule is c1ccc(-c2ccc(N(c3ccc(-c4ccc5oc6c(-c7ccccc7)cccc6c5c4)cc3)c3ccc(-c4cccc5sc6ccccc6c45)cc3)cc2-c2ccccc2)cc1. The molecule has 63 heavy (non-hydrogen) atoms. The molecule has 0 fully saturated rings. The van der Waals surface area contributed by atoms with E-state index in [0.717, 1.165) is 61.3 Å². The molecule has 0 amide bonds. The average Bonchev–Trinajstić information content (AvgIpc) is 3.94. The van der Waals surface area contributed by atoms with Gasteiger partial charge >= 0.3 is 0 Å². The summed E-state index contributed by atoms with van der Waals surface area (Å²) in [7, 11) is 0. The van der Waals surface area contributed by atoms with Gasteiger partial charge in [0.15, 0.2) is 0 Å². The topological polar surface area (TPSA) is 16.4 Å². The zero-order chi connectivity index (χ0) is 41.7. The highest BCUT2D eigenvalue weighted by atomic mass is 32.1. The highest BCUT2D eigenvalue weighted by Gasteiger charge is 2.19. The second kappa shape index (κ2) is 15.5. The molecule has 0 radical (unpaired) electrons. The Morgan fingerprint density at radius 1 is 0.302 bits per heavy atom. The van der Waals surface area contributed by atoms with Gasteiger partial charge < -0.3 is 9.32 Å². The van der Waals surface area contributed by atoms with Crippen LogP contribution in [0.3, 0.4) is 0 Å². The lowest BCUT2D eigenvalue weighted by Crippen LogP contribution is -2.10. The van der Waals surface area contributed by atoms with Crippen molar-refractivity contribution in [3.05, 3.63) is 237 Å². The summed E-state index contributed by atoms with van der Waals surface area (Å²) >= 11 is 1.86. The van der Waals surface area contributed by atoms with Crippen molar-refractivity contribution < 1.29 is 4.42 Å². The lowest BCUT2D eigenvalue weighted by molar-refractivity contribution is 0.670. The van der Waals surface area contributed by atoms with Gasteiger partial charge in [-0.25, -0.2) is 0 Å². The van der Waals surface area contributed by atoms with Crippen molar-refractivity contribution in [3.8, 4) is 55.6 Å². The van der Waals surface area contributed by atoms with Crippen molar-refractivity contribution in [1.29, 1.82) is 0 Å². The van der Waals surface area contributed by atoms with Gasteiger partial charge in [-0.1, -0.05) is 176 Å². The van der Waals surface area contributed by atoms with Crippen molar-refractivity contribution in [3.63, 3.8) is 0 Å². The van der Waals surface area contributed by atoms with E-state index in [2.05, 4.69) is 235 Å². The molecule has 0 unspecified atom stereocenters. The lowest BCUT2D eigenvalue weighted by Gasteiger charge is -2.27. The Bertz CT molecular complexity index is 3590. The number of benzene rings is 10. The van der Waals surface area contributed by atoms with Crippen LogP contribution in [0.15, 0.2) is 241 Å². The predicted molar refractivity (Wildman–Crippen MR) is 268 cm³/mol. The van der Waals surface area contributed by atoms with Crippen LogP contribution < -0.4 is 4.90 Å². The highest BCUT2D eigenvalue weighted by Crippen LogP contribution is 2.44. The number of para-hydroxylation sites is 1. The van der Waals surface area contributed by atoms with Crippen LogP contribution >= 0.6 is 11.3 Å². The first kappa shape index (κ1) is 36.8. The number of furan rings is 1. The second-order valence-electron chi connectivity index (χ2n) is 16.0. The van der Waals surface area contributed by atoms with Gasteiger partial charge in [0, 0.05) is 53.6 Å². The monoisotopic (exact) mass is 821 g/mol. The molecule has 0 atom stereocenters. The maximum Gasteiger partial charge on any atom is 0.143 e. The van der Waals surface area contributed by atoms with E-state index in [-0.39, 0.29) is 0 Å². The molecule has 0 bridgehead atoms. The van der Waals surface area contributed by atoms with E-state index >= 15 is 0 Å². The third-order valence-electron chi connectivity index (χ3n) is 12.3. The number of nitrogens with zero attached hydrogens (tertiary/aromatic N) is 1. The van der Waals surface area contributed by atoms with Crippen molar-refractivity contribution in [2.45, 2.75) is 0 Å². The Balaban J connectivity index is 0.971. The van der Waals surface area contributed by atoms with E-state index in [0.29, 0.717) is 0 Å². The molecule has 0 spiro atoms. The quantitative estimate of drug-likeness (QED) is 0.152.